The van der Waals surface area contributed by atoms with Gasteiger partial charge in [0.1, 0.15) is 11.5 Å². The van der Waals surface area contributed by atoms with Gasteiger partial charge in [-0.3, -0.25) is 0 Å². The molecule has 0 bridgehead atoms. The van der Waals surface area contributed by atoms with E-state index in [1.54, 1.807) is 7.11 Å². The zero-order valence-corrected chi connectivity index (χ0v) is 13.8. The fourth-order valence-electron chi connectivity index (χ4n) is 3.09. The molecule has 2 aromatic carbocycles. The summed E-state index contributed by atoms with van der Waals surface area (Å²) in [7, 11) is 1.73. The lowest BCUT2D eigenvalue weighted by atomic mass is 10.0. The van der Waals surface area contributed by atoms with Crippen LogP contribution in [-0.2, 0) is 12.8 Å². The molecular formula is C20H25NO2. The van der Waals surface area contributed by atoms with Crippen molar-refractivity contribution in [1.82, 2.24) is 5.32 Å². The van der Waals surface area contributed by atoms with E-state index in [0.29, 0.717) is 5.92 Å². The predicted octanol–water partition coefficient (Wildman–Crippen LogP) is 3.47. The fraction of sp³-hybridized carbons (Fsp3) is 0.400. The van der Waals surface area contributed by atoms with Crippen molar-refractivity contribution in [1.29, 1.82) is 0 Å². The number of aryl methyl sites for hydroxylation is 2. The standard InChI is InChI=1S/C20H25NO2/c1-22-19-8-4-2-6-17(19)10-11-18-7-3-5-9-20(18)23-15-16-12-13-21-14-16/h2-9,16,21H,10-15H2,1H3/t16-/m0/s1. The zero-order chi connectivity index (χ0) is 15.9. The van der Waals surface area contributed by atoms with Gasteiger partial charge in [-0.15, -0.1) is 0 Å². The molecule has 0 aliphatic carbocycles. The molecule has 122 valence electrons. The van der Waals surface area contributed by atoms with Gasteiger partial charge in [-0.05, 0) is 49.1 Å². The molecule has 3 nitrogen and oxygen atoms in total. The van der Waals surface area contributed by atoms with E-state index in [0.717, 1.165) is 44.0 Å². The predicted molar refractivity (Wildman–Crippen MR) is 93.3 cm³/mol. The summed E-state index contributed by atoms with van der Waals surface area (Å²) < 4.78 is 11.5. The van der Waals surface area contributed by atoms with Crippen molar-refractivity contribution in [3.8, 4) is 11.5 Å². The number of hydrogen-bond acceptors (Lipinski definition) is 3. The molecule has 1 heterocycles. The maximum Gasteiger partial charge on any atom is 0.122 e. The van der Waals surface area contributed by atoms with Crippen LogP contribution in [0.4, 0.5) is 0 Å². The van der Waals surface area contributed by atoms with Gasteiger partial charge >= 0.3 is 0 Å². The molecule has 2 aromatic rings. The van der Waals surface area contributed by atoms with E-state index >= 15 is 0 Å². The number of methoxy groups -OCH3 is 1. The second-order valence-electron chi connectivity index (χ2n) is 6.09. The van der Waals surface area contributed by atoms with Gasteiger partial charge in [0.05, 0.1) is 13.7 Å². The second kappa shape index (κ2) is 8.02. The number of rotatable bonds is 7. The van der Waals surface area contributed by atoms with E-state index in [9.17, 15) is 0 Å². The minimum absolute atomic E-state index is 0.636. The van der Waals surface area contributed by atoms with Crippen molar-refractivity contribution in [2.24, 2.45) is 5.92 Å². The summed E-state index contributed by atoms with van der Waals surface area (Å²) in [6.07, 6.45) is 3.12. The highest BCUT2D eigenvalue weighted by molar-refractivity contribution is 5.37. The smallest absolute Gasteiger partial charge is 0.122 e. The first-order valence-corrected chi connectivity index (χ1v) is 8.40. The topological polar surface area (TPSA) is 30.5 Å². The Balaban J connectivity index is 1.63. The lowest BCUT2D eigenvalue weighted by Gasteiger charge is -2.15. The van der Waals surface area contributed by atoms with E-state index < -0.39 is 0 Å². The molecule has 0 amide bonds. The Labute approximate surface area is 138 Å². The summed E-state index contributed by atoms with van der Waals surface area (Å²) in [5, 5.41) is 3.39. The van der Waals surface area contributed by atoms with Gasteiger partial charge in [0.25, 0.3) is 0 Å². The van der Waals surface area contributed by atoms with E-state index in [2.05, 4.69) is 41.7 Å². The van der Waals surface area contributed by atoms with Gasteiger partial charge in [0.15, 0.2) is 0 Å². The highest BCUT2D eigenvalue weighted by Crippen LogP contribution is 2.24. The molecule has 3 rings (SSSR count). The molecule has 1 fully saturated rings. The van der Waals surface area contributed by atoms with E-state index in [4.69, 9.17) is 9.47 Å². The minimum Gasteiger partial charge on any atom is -0.496 e. The number of benzene rings is 2. The maximum absolute atomic E-state index is 6.09. The second-order valence-corrected chi connectivity index (χ2v) is 6.09. The fourth-order valence-corrected chi connectivity index (χ4v) is 3.09. The molecule has 1 saturated heterocycles. The largest absolute Gasteiger partial charge is 0.496 e. The molecule has 3 heteroatoms. The van der Waals surface area contributed by atoms with Gasteiger partial charge in [-0.2, -0.15) is 0 Å². The lowest BCUT2D eigenvalue weighted by Crippen LogP contribution is -2.16. The van der Waals surface area contributed by atoms with Crippen LogP contribution in [0.5, 0.6) is 11.5 Å². The third kappa shape index (κ3) is 4.26. The molecule has 1 aliphatic heterocycles. The first-order chi connectivity index (χ1) is 11.4. The maximum atomic E-state index is 6.09. The third-order valence-electron chi connectivity index (χ3n) is 4.47. The van der Waals surface area contributed by atoms with E-state index in [1.807, 2.05) is 12.1 Å². The Morgan fingerprint density at radius 3 is 2.26 bits per heavy atom. The van der Waals surface area contributed by atoms with Gasteiger partial charge < -0.3 is 14.8 Å². The number of ether oxygens (including phenoxy) is 2. The third-order valence-corrected chi connectivity index (χ3v) is 4.47. The van der Waals surface area contributed by atoms with Crippen LogP contribution in [0.15, 0.2) is 48.5 Å². The van der Waals surface area contributed by atoms with Crippen molar-refractivity contribution in [3.63, 3.8) is 0 Å². The number of nitrogens with one attached hydrogen (secondary N) is 1. The normalized spacial score (nSPS) is 17.2. The molecule has 0 saturated carbocycles. The van der Waals surface area contributed by atoms with Crippen LogP contribution < -0.4 is 14.8 Å². The van der Waals surface area contributed by atoms with Crippen LogP contribution in [0, 0.1) is 5.92 Å². The van der Waals surface area contributed by atoms with Crippen LogP contribution in [0.3, 0.4) is 0 Å². The average molecular weight is 311 g/mol. The van der Waals surface area contributed by atoms with Crippen molar-refractivity contribution < 1.29 is 9.47 Å². The Morgan fingerprint density at radius 1 is 0.957 bits per heavy atom. The summed E-state index contributed by atoms with van der Waals surface area (Å²) in [6, 6.07) is 16.6. The van der Waals surface area contributed by atoms with Gasteiger partial charge in [-0.1, -0.05) is 36.4 Å². The Bertz CT molecular complexity index is 621. The molecule has 0 unspecified atom stereocenters. The Morgan fingerprint density at radius 2 is 1.61 bits per heavy atom. The van der Waals surface area contributed by atoms with Gasteiger partial charge in [-0.25, -0.2) is 0 Å². The van der Waals surface area contributed by atoms with E-state index in [-0.39, 0.29) is 0 Å². The van der Waals surface area contributed by atoms with Crippen LogP contribution in [-0.4, -0.2) is 26.8 Å². The molecule has 1 aliphatic rings. The quantitative estimate of drug-likeness (QED) is 0.849. The van der Waals surface area contributed by atoms with Crippen LogP contribution in [0.1, 0.15) is 17.5 Å². The summed E-state index contributed by atoms with van der Waals surface area (Å²) in [5.74, 6) is 2.62. The van der Waals surface area contributed by atoms with Gasteiger partial charge in [0.2, 0.25) is 0 Å². The van der Waals surface area contributed by atoms with Crippen molar-refractivity contribution in [2.45, 2.75) is 19.3 Å². The molecule has 1 atom stereocenters. The Kier molecular flexibility index (Phi) is 5.54. The zero-order valence-electron chi connectivity index (χ0n) is 13.8. The monoisotopic (exact) mass is 311 g/mol. The first-order valence-electron chi connectivity index (χ1n) is 8.40. The van der Waals surface area contributed by atoms with E-state index in [1.165, 1.54) is 17.5 Å². The number of hydrogen-bond donors (Lipinski definition) is 1. The van der Waals surface area contributed by atoms with Crippen LogP contribution in [0.2, 0.25) is 0 Å². The SMILES string of the molecule is COc1ccccc1CCc1ccccc1OC[C@H]1CCNC1. The molecule has 0 aromatic heterocycles. The molecular weight excluding hydrogens is 286 g/mol. The summed E-state index contributed by atoms with van der Waals surface area (Å²) in [6.45, 7) is 2.99. The summed E-state index contributed by atoms with van der Waals surface area (Å²) >= 11 is 0. The summed E-state index contributed by atoms with van der Waals surface area (Å²) in [4.78, 5) is 0. The molecule has 1 N–H and O–H groups in total. The lowest BCUT2D eigenvalue weighted by molar-refractivity contribution is 0.258. The Hall–Kier alpha value is -2.00. The van der Waals surface area contributed by atoms with Crippen molar-refractivity contribution in [2.75, 3.05) is 26.8 Å². The van der Waals surface area contributed by atoms with Crippen molar-refractivity contribution in [3.05, 3.63) is 59.7 Å². The van der Waals surface area contributed by atoms with Crippen molar-refractivity contribution >= 4 is 0 Å². The molecule has 23 heavy (non-hydrogen) atoms. The van der Waals surface area contributed by atoms with Crippen LogP contribution >= 0.6 is 0 Å². The average Bonchev–Trinajstić information content (AvgIpc) is 3.12. The van der Waals surface area contributed by atoms with Gasteiger partial charge in [0, 0.05) is 12.5 Å². The minimum atomic E-state index is 0.636. The molecule has 0 radical (unpaired) electrons. The van der Waals surface area contributed by atoms with Crippen LogP contribution in [0.25, 0.3) is 0 Å². The summed E-state index contributed by atoms with van der Waals surface area (Å²) in [5.41, 5.74) is 2.51. The first kappa shape index (κ1) is 15.9. The highest BCUT2D eigenvalue weighted by atomic mass is 16.5. The number of para-hydroxylation sites is 2. The highest BCUT2D eigenvalue weighted by Gasteiger charge is 2.15. The molecule has 0 spiro atoms.